The second-order valence-electron chi connectivity index (χ2n) is 3.67. The maximum atomic E-state index is 12.1. The summed E-state index contributed by atoms with van der Waals surface area (Å²) in [4.78, 5) is 9.87. The Hall–Kier alpha value is -3.34. The minimum atomic E-state index is -4.61. The van der Waals surface area contributed by atoms with Gasteiger partial charge < -0.3 is 4.74 Å². The Morgan fingerprint density at radius 1 is 1.36 bits per heavy atom. The van der Waals surface area contributed by atoms with E-state index in [-0.39, 0.29) is 5.69 Å². The molecular formula is C11H6F3N5O3. The number of hydrazone groups is 1. The van der Waals surface area contributed by atoms with Crippen LogP contribution in [0.25, 0.3) is 0 Å². The van der Waals surface area contributed by atoms with Crippen LogP contribution in [0.4, 0.5) is 24.5 Å². The number of hydrogen-bond acceptors (Lipinski definition) is 7. The molecule has 0 bridgehead atoms. The summed E-state index contributed by atoms with van der Waals surface area (Å²) in [6.45, 7) is -1.63. The van der Waals surface area contributed by atoms with Crippen LogP contribution in [0, 0.1) is 32.8 Å². The molecule has 1 N–H and O–H groups in total. The number of rotatable bonds is 5. The van der Waals surface area contributed by atoms with Gasteiger partial charge in [0, 0.05) is 12.1 Å². The Morgan fingerprint density at radius 3 is 2.50 bits per heavy atom. The zero-order valence-corrected chi connectivity index (χ0v) is 10.6. The molecule has 0 heterocycles. The van der Waals surface area contributed by atoms with E-state index in [0.717, 1.165) is 18.2 Å². The van der Waals surface area contributed by atoms with E-state index in [1.807, 2.05) is 0 Å². The van der Waals surface area contributed by atoms with Crippen molar-refractivity contribution in [2.75, 3.05) is 12.0 Å². The first-order chi connectivity index (χ1) is 10.2. The number of alkyl halides is 3. The fraction of sp³-hybridized carbons (Fsp3) is 0.182. The summed E-state index contributed by atoms with van der Waals surface area (Å²) < 4.78 is 40.6. The van der Waals surface area contributed by atoms with Gasteiger partial charge in [-0.3, -0.25) is 15.5 Å². The second kappa shape index (κ2) is 6.90. The lowest BCUT2D eigenvalue weighted by atomic mass is 10.2. The molecule has 0 atom stereocenters. The van der Waals surface area contributed by atoms with Crippen LogP contribution in [-0.2, 0) is 0 Å². The lowest BCUT2D eigenvalue weighted by Gasteiger charge is -2.10. The molecule has 0 aliphatic heterocycles. The van der Waals surface area contributed by atoms with Gasteiger partial charge in [-0.25, -0.2) is 0 Å². The van der Waals surface area contributed by atoms with Crippen LogP contribution < -0.4 is 10.2 Å². The smallest absolute Gasteiger partial charge is 0.422 e. The summed E-state index contributed by atoms with van der Waals surface area (Å²) in [5.41, 5.74) is 0.927. The number of nitro benzene ring substituents is 1. The van der Waals surface area contributed by atoms with Gasteiger partial charge >= 0.3 is 6.18 Å². The van der Waals surface area contributed by atoms with E-state index in [1.54, 1.807) is 0 Å². The molecule has 11 heteroatoms. The molecule has 0 aliphatic carbocycles. The minimum absolute atomic E-state index is 0.116. The van der Waals surface area contributed by atoms with Gasteiger partial charge in [0.25, 0.3) is 5.69 Å². The maximum absolute atomic E-state index is 12.1. The molecule has 1 aromatic rings. The van der Waals surface area contributed by atoms with Crippen LogP contribution in [0.3, 0.4) is 0 Å². The van der Waals surface area contributed by atoms with Crippen molar-refractivity contribution in [3.63, 3.8) is 0 Å². The van der Waals surface area contributed by atoms with Crippen molar-refractivity contribution in [3.8, 4) is 17.9 Å². The number of halogens is 3. The number of anilines is 1. The predicted octanol–water partition coefficient (Wildman–Crippen LogP) is 2.35. The Labute approximate surface area is 121 Å². The normalized spacial score (nSPS) is 10.0. The highest BCUT2D eigenvalue weighted by Crippen LogP contribution is 2.27. The highest BCUT2D eigenvalue weighted by molar-refractivity contribution is 6.10. The van der Waals surface area contributed by atoms with Crippen LogP contribution in [0.15, 0.2) is 23.3 Å². The molecule has 114 valence electrons. The van der Waals surface area contributed by atoms with Gasteiger partial charge in [0.05, 0.1) is 16.7 Å². The molecule has 1 rings (SSSR count). The molecule has 0 unspecified atom stereocenters. The van der Waals surface area contributed by atoms with Crippen molar-refractivity contribution < 1.29 is 22.8 Å². The summed E-state index contributed by atoms with van der Waals surface area (Å²) in [7, 11) is 0. The zero-order valence-electron chi connectivity index (χ0n) is 10.6. The van der Waals surface area contributed by atoms with Crippen LogP contribution in [-0.4, -0.2) is 23.4 Å². The van der Waals surface area contributed by atoms with Gasteiger partial charge in [-0.15, -0.1) is 0 Å². The molecule has 0 amide bonds. The van der Waals surface area contributed by atoms with Crippen LogP contribution in [0.2, 0.25) is 0 Å². The van der Waals surface area contributed by atoms with E-state index in [9.17, 15) is 23.3 Å². The van der Waals surface area contributed by atoms with Crippen LogP contribution in [0.5, 0.6) is 5.75 Å². The molecule has 1 aromatic carbocycles. The Kier molecular flexibility index (Phi) is 5.24. The van der Waals surface area contributed by atoms with Gasteiger partial charge in [0.1, 0.15) is 17.9 Å². The summed E-state index contributed by atoms with van der Waals surface area (Å²) >= 11 is 0. The zero-order chi connectivity index (χ0) is 16.8. The first kappa shape index (κ1) is 16.7. The maximum Gasteiger partial charge on any atom is 0.422 e. The first-order valence-corrected chi connectivity index (χ1v) is 5.38. The minimum Gasteiger partial charge on any atom is -0.484 e. The molecule has 0 saturated carbocycles. The van der Waals surface area contributed by atoms with E-state index < -0.39 is 34.9 Å². The first-order valence-electron chi connectivity index (χ1n) is 5.38. The monoisotopic (exact) mass is 313 g/mol. The highest BCUT2D eigenvalue weighted by Gasteiger charge is 2.28. The number of ether oxygens (including phenoxy) is 1. The molecule has 8 nitrogen and oxygen atoms in total. The number of nitriles is 2. The summed E-state index contributed by atoms with van der Waals surface area (Å²) in [6.07, 6.45) is -4.61. The Balaban J connectivity index is 3.05. The van der Waals surface area contributed by atoms with Crippen molar-refractivity contribution in [1.82, 2.24) is 0 Å². The number of nitrogens with zero attached hydrogens (tertiary/aromatic N) is 4. The average molecular weight is 313 g/mol. The van der Waals surface area contributed by atoms with E-state index >= 15 is 0 Å². The fourth-order valence-corrected chi connectivity index (χ4v) is 1.20. The van der Waals surface area contributed by atoms with E-state index in [1.165, 1.54) is 12.1 Å². The largest absolute Gasteiger partial charge is 0.484 e. The molecule has 0 radical (unpaired) electrons. The van der Waals surface area contributed by atoms with Crippen LogP contribution in [0.1, 0.15) is 0 Å². The third kappa shape index (κ3) is 5.34. The SMILES string of the molecule is N#CC(C#N)=NNc1cc(OCC(F)(F)F)cc([N+](=O)[O-])c1. The molecule has 0 aromatic heterocycles. The predicted molar refractivity (Wildman–Crippen MR) is 66.9 cm³/mol. The quantitative estimate of drug-likeness (QED) is 0.505. The number of non-ortho nitro benzene ring substituents is 1. The van der Waals surface area contributed by atoms with E-state index in [0.29, 0.717) is 0 Å². The van der Waals surface area contributed by atoms with Gasteiger partial charge in [-0.2, -0.15) is 28.8 Å². The molecule has 0 spiro atoms. The molecule has 0 aliphatic rings. The third-order valence-electron chi connectivity index (χ3n) is 2.01. The lowest BCUT2D eigenvalue weighted by molar-refractivity contribution is -0.384. The summed E-state index contributed by atoms with van der Waals surface area (Å²) in [5.74, 6) is -0.417. The second-order valence-corrected chi connectivity index (χ2v) is 3.67. The van der Waals surface area contributed by atoms with Gasteiger partial charge in [-0.05, 0) is 0 Å². The third-order valence-corrected chi connectivity index (χ3v) is 2.01. The average Bonchev–Trinajstić information content (AvgIpc) is 2.45. The number of nitrogens with one attached hydrogen (secondary N) is 1. The van der Waals surface area contributed by atoms with Crippen molar-refractivity contribution in [3.05, 3.63) is 28.3 Å². The molecular weight excluding hydrogens is 307 g/mol. The van der Waals surface area contributed by atoms with Crippen molar-refractivity contribution in [2.24, 2.45) is 5.10 Å². The van der Waals surface area contributed by atoms with E-state index in [2.05, 4.69) is 15.3 Å². The standard InChI is InChI=1S/C11H6F3N5O3/c12-11(13,14)6-22-10-2-7(1-9(3-10)19(20)21)17-18-8(4-15)5-16/h1-3,17H,6H2. The number of hydrogen-bond donors (Lipinski definition) is 1. The van der Waals surface area contributed by atoms with Gasteiger partial charge in [-0.1, -0.05) is 0 Å². The molecule has 0 fully saturated rings. The van der Waals surface area contributed by atoms with Crippen molar-refractivity contribution >= 4 is 17.1 Å². The van der Waals surface area contributed by atoms with Crippen molar-refractivity contribution in [2.45, 2.75) is 6.18 Å². The molecule has 22 heavy (non-hydrogen) atoms. The van der Waals surface area contributed by atoms with Gasteiger partial charge in [0.15, 0.2) is 6.61 Å². The number of nitro groups is 1. The van der Waals surface area contributed by atoms with Crippen molar-refractivity contribution in [1.29, 1.82) is 10.5 Å². The lowest BCUT2D eigenvalue weighted by Crippen LogP contribution is -2.19. The molecule has 0 saturated heterocycles. The van der Waals surface area contributed by atoms with Gasteiger partial charge in [0.2, 0.25) is 5.71 Å². The Bertz CT molecular complexity index is 672. The summed E-state index contributed by atoms with van der Waals surface area (Å²) in [6, 6.07) is 5.63. The fourth-order valence-electron chi connectivity index (χ4n) is 1.20. The highest BCUT2D eigenvalue weighted by atomic mass is 19.4. The topological polar surface area (TPSA) is 124 Å². The number of benzene rings is 1. The van der Waals surface area contributed by atoms with E-state index in [4.69, 9.17) is 10.5 Å². The van der Waals surface area contributed by atoms with Crippen LogP contribution >= 0.6 is 0 Å². The Morgan fingerprint density at radius 2 is 2.00 bits per heavy atom. The summed E-state index contributed by atoms with van der Waals surface area (Å²) in [5, 5.41) is 31.0.